The highest BCUT2D eigenvalue weighted by Gasteiger charge is 2.37. The van der Waals surface area contributed by atoms with Gasteiger partial charge in [0.05, 0.1) is 22.5 Å². The van der Waals surface area contributed by atoms with Crippen LogP contribution in [0, 0.1) is 11.2 Å². The molecule has 0 radical (unpaired) electrons. The minimum Gasteiger partial charge on any atom is -0.352 e. The molecule has 0 unspecified atom stereocenters. The minimum absolute atomic E-state index is 0.00290. The summed E-state index contributed by atoms with van der Waals surface area (Å²) < 4.78 is 93.1. The molecule has 0 bridgehead atoms. The van der Waals surface area contributed by atoms with E-state index in [2.05, 4.69) is 16.5 Å². The molecule has 214 valence electrons. The van der Waals surface area contributed by atoms with Crippen molar-refractivity contribution in [3.63, 3.8) is 0 Å². The number of rotatable bonds is 6. The number of fused-ring (bicyclic) bond motifs is 1. The van der Waals surface area contributed by atoms with Gasteiger partial charge in [0.15, 0.2) is 5.78 Å². The highest BCUT2D eigenvalue weighted by Crippen LogP contribution is 2.36. The second kappa shape index (κ2) is 14.0. The van der Waals surface area contributed by atoms with Gasteiger partial charge in [-0.05, 0) is 63.0 Å². The van der Waals surface area contributed by atoms with Crippen LogP contribution < -0.4 is 11.5 Å². The predicted molar refractivity (Wildman–Crippen MR) is 136 cm³/mol. The molecule has 0 saturated heterocycles. The molecule has 0 atom stereocenters. The van der Waals surface area contributed by atoms with Crippen LogP contribution in [0.15, 0.2) is 42.5 Å². The van der Waals surface area contributed by atoms with E-state index in [1.807, 2.05) is 0 Å². The van der Waals surface area contributed by atoms with Gasteiger partial charge < -0.3 is 16.4 Å². The lowest BCUT2D eigenvalue weighted by Crippen LogP contribution is -2.28. The maximum atomic E-state index is 13.6. The van der Waals surface area contributed by atoms with E-state index >= 15 is 0 Å². The number of carbonyl (C=O) groups is 1. The first-order valence-corrected chi connectivity index (χ1v) is 11.6. The molecule has 13 heteroatoms. The topological polar surface area (TPSA) is 109 Å². The van der Waals surface area contributed by atoms with Gasteiger partial charge in [0, 0.05) is 36.5 Å². The number of alkyl halides is 6. The lowest BCUT2D eigenvalue weighted by Gasteiger charge is -2.25. The fourth-order valence-electron chi connectivity index (χ4n) is 3.54. The molecule has 6 nitrogen and oxygen atoms in total. The second-order valence-electron chi connectivity index (χ2n) is 7.97. The number of ketones is 1. The van der Waals surface area contributed by atoms with Crippen LogP contribution >= 0.6 is 0 Å². The number of hydrogen-bond donors (Lipinski definition) is 3. The SMILES string of the molecule is CCC(=O)c1nc2cc(F)ccc2cc1CN(Cc1cc(C(F)(F)F)cc(C(F)(F)F)c1)C(C)=N.CN.CN. The molecule has 0 spiro atoms. The van der Waals surface area contributed by atoms with E-state index in [1.165, 1.54) is 38.1 Å². The number of halogens is 7. The molecule has 1 aromatic heterocycles. The van der Waals surface area contributed by atoms with Crippen LogP contribution in [-0.4, -0.2) is 35.6 Å². The summed E-state index contributed by atoms with van der Waals surface area (Å²) in [6.45, 7) is 2.27. The number of aromatic nitrogens is 1. The summed E-state index contributed by atoms with van der Waals surface area (Å²) in [4.78, 5) is 18.0. The van der Waals surface area contributed by atoms with Crippen molar-refractivity contribution in [2.24, 2.45) is 11.5 Å². The van der Waals surface area contributed by atoms with Crippen LogP contribution in [0.1, 0.15) is 53.0 Å². The zero-order valence-electron chi connectivity index (χ0n) is 21.8. The smallest absolute Gasteiger partial charge is 0.352 e. The Morgan fingerprint density at radius 1 is 0.897 bits per heavy atom. The van der Waals surface area contributed by atoms with Crippen LogP contribution in [0.5, 0.6) is 0 Å². The van der Waals surface area contributed by atoms with Crippen LogP contribution in [-0.2, 0) is 25.4 Å². The van der Waals surface area contributed by atoms with E-state index in [0.717, 1.165) is 6.07 Å². The molecule has 0 amide bonds. The van der Waals surface area contributed by atoms with Crippen molar-refractivity contribution in [1.29, 1.82) is 5.41 Å². The Morgan fingerprint density at radius 2 is 1.44 bits per heavy atom. The van der Waals surface area contributed by atoms with Gasteiger partial charge in [-0.15, -0.1) is 0 Å². The van der Waals surface area contributed by atoms with E-state index in [0.29, 0.717) is 23.1 Å². The molecular weight excluding hydrogens is 531 g/mol. The fourth-order valence-corrected chi connectivity index (χ4v) is 3.54. The Balaban J connectivity index is 0.00000181. The van der Waals surface area contributed by atoms with Crippen molar-refractivity contribution in [2.45, 2.75) is 45.7 Å². The normalized spacial score (nSPS) is 11.2. The van der Waals surface area contributed by atoms with Crippen molar-refractivity contribution in [3.8, 4) is 0 Å². The predicted octanol–water partition coefficient (Wildman–Crippen LogP) is 6.15. The van der Waals surface area contributed by atoms with E-state index in [1.54, 1.807) is 13.0 Å². The van der Waals surface area contributed by atoms with E-state index in [9.17, 15) is 35.5 Å². The fraction of sp³-hybridized carbons (Fsp3) is 0.346. The van der Waals surface area contributed by atoms with Gasteiger partial charge in [0.1, 0.15) is 11.5 Å². The Bertz CT molecular complexity index is 1260. The van der Waals surface area contributed by atoms with E-state index < -0.39 is 35.8 Å². The molecule has 5 N–H and O–H groups in total. The summed E-state index contributed by atoms with van der Waals surface area (Å²) in [5, 5.41) is 8.53. The van der Waals surface area contributed by atoms with Gasteiger partial charge >= 0.3 is 12.4 Å². The number of nitrogens with two attached hydrogens (primary N) is 2. The second-order valence-corrected chi connectivity index (χ2v) is 7.97. The number of nitrogens with zero attached hydrogens (tertiary/aromatic N) is 2. The molecule has 0 saturated carbocycles. The van der Waals surface area contributed by atoms with Crippen LogP contribution in [0.2, 0.25) is 0 Å². The van der Waals surface area contributed by atoms with Crippen molar-refractivity contribution >= 4 is 22.5 Å². The number of Topliss-reactive ketones (excluding diaryl/α,β-unsaturated/α-hetero) is 1. The number of nitrogens with one attached hydrogen (secondary N) is 1. The molecule has 39 heavy (non-hydrogen) atoms. The standard InChI is InChI=1S/C24H20F7N3O.2CH5N/c1-3-21(35)22-16(8-15-4-5-19(25)10-20(15)33-22)12-34(13(2)32)11-14-6-17(23(26,27)28)9-18(7-14)24(29,30)31;2*1-2/h4-10,32H,3,11-12H2,1-2H3;2*2H2,1H3. The summed E-state index contributed by atoms with van der Waals surface area (Å²) in [7, 11) is 3.00. The third-order valence-electron chi connectivity index (χ3n) is 5.30. The number of amidine groups is 1. The van der Waals surface area contributed by atoms with Crippen molar-refractivity contribution in [2.75, 3.05) is 14.1 Å². The summed E-state index contributed by atoms with van der Waals surface area (Å²) >= 11 is 0. The Morgan fingerprint density at radius 3 is 1.90 bits per heavy atom. The van der Waals surface area contributed by atoms with Crippen LogP contribution in [0.4, 0.5) is 30.7 Å². The first-order valence-electron chi connectivity index (χ1n) is 11.6. The van der Waals surface area contributed by atoms with Gasteiger partial charge in [-0.3, -0.25) is 10.2 Å². The van der Waals surface area contributed by atoms with E-state index in [-0.39, 0.29) is 47.4 Å². The lowest BCUT2D eigenvalue weighted by atomic mass is 10.0. The molecule has 0 fully saturated rings. The lowest BCUT2D eigenvalue weighted by molar-refractivity contribution is -0.143. The molecule has 0 aliphatic heterocycles. The van der Waals surface area contributed by atoms with Gasteiger partial charge in [0.2, 0.25) is 0 Å². The minimum atomic E-state index is -5.00. The Labute approximate surface area is 221 Å². The first-order chi connectivity index (χ1) is 18.2. The average Bonchev–Trinajstić information content (AvgIpc) is 2.88. The molecule has 0 aliphatic rings. The molecule has 0 aliphatic carbocycles. The van der Waals surface area contributed by atoms with Gasteiger partial charge in [-0.2, -0.15) is 26.3 Å². The largest absolute Gasteiger partial charge is 0.416 e. The number of pyridine rings is 1. The molecule has 2 aromatic carbocycles. The molecule has 3 aromatic rings. The molecule has 3 rings (SSSR count). The third kappa shape index (κ3) is 8.99. The number of benzene rings is 2. The maximum Gasteiger partial charge on any atom is 0.416 e. The monoisotopic (exact) mass is 561 g/mol. The highest BCUT2D eigenvalue weighted by molar-refractivity contribution is 5.98. The summed E-state index contributed by atoms with van der Waals surface area (Å²) in [6.07, 6.45) is -9.94. The third-order valence-corrected chi connectivity index (χ3v) is 5.30. The summed E-state index contributed by atoms with van der Waals surface area (Å²) in [5.41, 5.74) is 6.30. The zero-order chi connectivity index (χ0) is 30.1. The van der Waals surface area contributed by atoms with Crippen molar-refractivity contribution in [1.82, 2.24) is 9.88 Å². The quantitative estimate of drug-likeness (QED) is 0.145. The first kappa shape index (κ1) is 33.4. The maximum absolute atomic E-state index is 13.6. The summed E-state index contributed by atoms with van der Waals surface area (Å²) in [5.74, 6) is -1.09. The van der Waals surface area contributed by atoms with Crippen LogP contribution in [0.25, 0.3) is 10.9 Å². The van der Waals surface area contributed by atoms with Crippen molar-refractivity contribution in [3.05, 3.63) is 76.2 Å². The Hall–Kier alpha value is -3.58. The van der Waals surface area contributed by atoms with Gasteiger partial charge in [-0.25, -0.2) is 9.37 Å². The highest BCUT2D eigenvalue weighted by atomic mass is 19.4. The number of carbonyl (C=O) groups excluding carboxylic acids is 1. The number of hydrogen-bond acceptors (Lipinski definition) is 5. The van der Waals surface area contributed by atoms with Gasteiger partial charge in [-0.1, -0.05) is 6.92 Å². The van der Waals surface area contributed by atoms with E-state index in [4.69, 9.17) is 5.41 Å². The summed E-state index contributed by atoms with van der Waals surface area (Å²) in [6, 6.07) is 6.56. The average molecular weight is 562 g/mol. The molecule has 1 heterocycles. The van der Waals surface area contributed by atoms with Gasteiger partial charge in [0.25, 0.3) is 0 Å². The van der Waals surface area contributed by atoms with Crippen molar-refractivity contribution < 1.29 is 35.5 Å². The van der Waals surface area contributed by atoms with Crippen LogP contribution in [0.3, 0.4) is 0 Å². The zero-order valence-corrected chi connectivity index (χ0v) is 21.8. The Kier molecular flexibility index (Phi) is 12.0. The molecular formula is C26H30F7N5O.